The molecule has 104 valence electrons. The van der Waals surface area contributed by atoms with Crippen LogP contribution in [0.2, 0.25) is 0 Å². The number of aryl methyl sites for hydroxylation is 2. The Morgan fingerprint density at radius 2 is 1.90 bits per heavy atom. The fourth-order valence-electron chi connectivity index (χ4n) is 2.83. The maximum atomic E-state index is 4.42. The molecule has 21 heavy (non-hydrogen) atoms. The summed E-state index contributed by atoms with van der Waals surface area (Å²) < 4.78 is 4.37. The van der Waals surface area contributed by atoms with E-state index < -0.39 is 0 Å². The van der Waals surface area contributed by atoms with Crippen molar-refractivity contribution in [3.63, 3.8) is 0 Å². The number of rotatable bonds is 2. The lowest BCUT2D eigenvalue weighted by atomic mass is 10.3. The molecule has 4 aromatic heterocycles. The Bertz CT molecular complexity index is 934. The van der Waals surface area contributed by atoms with E-state index in [4.69, 9.17) is 0 Å². The highest BCUT2D eigenvalue weighted by Gasteiger charge is 2.12. The van der Waals surface area contributed by atoms with Gasteiger partial charge in [-0.2, -0.15) is 0 Å². The van der Waals surface area contributed by atoms with Crippen molar-refractivity contribution in [1.29, 1.82) is 0 Å². The highest BCUT2D eigenvalue weighted by molar-refractivity contribution is 5.81. The average Bonchev–Trinajstić information content (AvgIpc) is 3.02. The largest absolute Gasteiger partial charge is 0.338 e. The molecule has 4 aromatic rings. The van der Waals surface area contributed by atoms with Crippen molar-refractivity contribution < 1.29 is 0 Å². The zero-order valence-electron chi connectivity index (χ0n) is 12.0. The fourth-order valence-corrected chi connectivity index (χ4v) is 2.83. The van der Waals surface area contributed by atoms with Gasteiger partial charge in [0.05, 0.1) is 23.3 Å². The Labute approximate surface area is 121 Å². The number of fused-ring (bicyclic) bond motifs is 3. The van der Waals surface area contributed by atoms with Crippen LogP contribution in [0, 0.1) is 13.8 Å². The molecule has 4 heterocycles. The van der Waals surface area contributed by atoms with Crippen LogP contribution in [0.5, 0.6) is 0 Å². The van der Waals surface area contributed by atoms with E-state index in [1.807, 2.05) is 37.4 Å². The second kappa shape index (κ2) is 4.41. The Hall–Kier alpha value is -2.69. The van der Waals surface area contributed by atoms with Crippen LogP contribution in [0.25, 0.3) is 16.7 Å². The standard InChI is InChI=1S/C16H15N5/c1-11-9-15-14(6-7-16-19-18-12(2)21(15)16)20(11)10-13-5-3-4-8-17-13/h3-9H,10H2,1-2H3. The van der Waals surface area contributed by atoms with E-state index in [-0.39, 0.29) is 0 Å². The van der Waals surface area contributed by atoms with Gasteiger partial charge in [0, 0.05) is 11.9 Å². The monoisotopic (exact) mass is 277 g/mol. The molecule has 0 amide bonds. The van der Waals surface area contributed by atoms with Crippen LogP contribution in [0.4, 0.5) is 0 Å². The first kappa shape index (κ1) is 12.1. The Morgan fingerprint density at radius 3 is 2.71 bits per heavy atom. The van der Waals surface area contributed by atoms with Gasteiger partial charge in [-0.15, -0.1) is 10.2 Å². The van der Waals surface area contributed by atoms with E-state index in [9.17, 15) is 0 Å². The predicted octanol–water partition coefficient (Wildman–Crippen LogP) is 2.74. The minimum atomic E-state index is 0.767. The number of hydrogen-bond donors (Lipinski definition) is 0. The SMILES string of the molecule is Cc1cc2c(ccc3nnc(C)n32)n1Cc1ccccn1. The molecule has 0 aliphatic carbocycles. The van der Waals surface area contributed by atoms with Crippen LogP contribution in [0.3, 0.4) is 0 Å². The lowest BCUT2D eigenvalue weighted by Gasteiger charge is -2.08. The fraction of sp³-hybridized carbons (Fsp3) is 0.188. The van der Waals surface area contributed by atoms with Gasteiger partial charge in [-0.25, -0.2) is 0 Å². The van der Waals surface area contributed by atoms with Crippen molar-refractivity contribution in [3.05, 3.63) is 59.8 Å². The Kier molecular flexibility index (Phi) is 2.54. The van der Waals surface area contributed by atoms with Gasteiger partial charge in [0.2, 0.25) is 0 Å². The molecule has 0 unspecified atom stereocenters. The molecular weight excluding hydrogens is 262 g/mol. The summed E-state index contributed by atoms with van der Waals surface area (Å²) >= 11 is 0. The molecule has 0 aliphatic rings. The normalized spacial score (nSPS) is 11.5. The lowest BCUT2D eigenvalue weighted by Crippen LogP contribution is -2.03. The molecule has 0 bridgehead atoms. The van der Waals surface area contributed by atoms with Crippen LogP contribution < -0.4 is 0 Å². The zero-order valence-corrected chi connectivity index (χ0v) is 12.0. The van der Waals surface area contributed by atoms with E-state index in [0.717, 1.165) is 29.2 Å². The minimum absolute atomic E-state index is 0.767. The molecular formula is C16H15N5. The van der Waals surface area contributed by atoms with E-state index in [1.54, 1.807) is 0 Å². The first-order valence-corrected chi connectivity index (χ1v) is 6.94. The molecule has 0 aromatic carbocycles. The number of pyridine rings is 2. The molecule has 4 rings (SSSR count). The molecule has 0 N–H and O–H groups in total. The third kappa shape index (κ3) is 1.81. The van der Waals surface area contributed by atoms with E-state index >= 15 is 0 Å². The maximum absolute atomic E-state index is 4.42. The lowest BCUT2D eigenvalue weighted by molar-refractivity contribution is 0.780. The molecule has 0 spiro atoms. The summed E-state index contributed by atoms with van der Waals surface area (Å²) in [6.45, 7) is 4.86. The second-order valence-electron chi connectivity index (χ2n) is 5.24. The van der Waals surface area contributed by atoms with Crippen molar-refractivity contribution in [2.75, 3.05) is 0 Å². The van der Waals surface area contributed by atoms with Crippen LogP contribution in [0.15, 0.2) is 42.6 Å². The van der Waals surface area contributed by atoms with Crippen LogP contribution in [-0.2, 0) is 6.54 Å². The molecule has 5 nitrogen and oxygen atoms in total. The van der Waals surface area contributed by atoms with Gasteiger partial charge in [-0.3, -0.25) is 9.38 Å². The van der Waals surface area contributed by atoms with Crippen LogP contribution in [0.1, 0.15) is 17.2 Å². The first-order valence-electron chi connectivity index (χ1n) is 6.94. The molecule has 0 radical (unpaired) electrons. The third-order valence-electron chi connectivity index (χ3n) is 3.85. The predicted molar refractivity (Wildman–Crippen MR) is 81.3 cm³/mol. The maximum Gasteiger partial charge on any atom is 0.161 e. The van der Waals surface area contributed by atoms with Gasteiger partial charge in [-0.1, -0.05) is 6.07 Å². The summed E-state index contributed by atoms with van der Waals surface area (Å²) in [7, 11) is 0. The first-order chi connectivity index (χ1) is 10.2. The average molecular weight is 277 g/mol. The van der Waals surface area contributed by atoms with Crippen molar-refractivity contribution >= 4 is 16.7 Å². The minimum Gasteiger partial charge on any atom is -0.338 e. The van der Waals surface area contributed by atoms with Gasteiger partial charge in [-0.05, 0) is 44.2 Å². The zero-order chi connectivity index (χ0) is 14.4. The van der Waals surface area contributed by atoms with Gasteiger partial charge in [0.25, 0.3) is 0 Å². The van der Waals surface area contributed by atoms with Crippen molar-refractivity contribution in [3.8, 4) is 0 Å². The number of aromatic nitrogens is 5. The van der Waals surface area contributed by atoms with Gasteiger partial charge in [0.1, 0.15) is 5.82 Å². The Morgan fingerprint density at radius 1 is 1.00 bits per heavy atom. The molecule has 0 fully saturated rings. The van der Waals surface area contributed by atoms with E-state index in [2.05, 4.69) is 43.2 Å². The summed E-state index contributed by atoms with van der Waals surface area (Å²) in [6.07, 6.45) is 1.83. The second-order valence-corrected chi connectivity index (χ2v) is 5.24. The van der Waals surface area contributed by atoms with Crippen LogP contribution in [-0.4, -0.2) is 24.1 Å². The molecule has 0 aliphatic heterocycles. The smallest absolute Gasteiger partial charge is 0.161 e. The Balaban J connectivity index is 1.95. The molecule has 0 atom stereocenters. The van der Waals surface area contributed by atoms with E-state index in [1.165, 1.54) is 11.2 Å². The third-order valence-corrected chi connectivity index (χ3v) is 3.85. The molecule has 5 heteroatoms. The summed E-state index contributed by atoms with van der Waals surface area (Å²) in [6, 6.07) is 12.3. The van der Waals surface area contributed by atoms with Crippen molar-refractivity contribution in [2.24, 2.45) is 0 Å². The molecule has 0 saturated carbocycles. The quantitative estimate of drug-likeness (QED) is 0.566. The van der Waals surface area contributed by atoms with Crippen molar-refractivity contribution in [2.45, 2.75) is 20.4 Å². The highest BCUT2D eigenvalue weighted by Crippen LogP contribution is 2.22. The highest BCUT2D eigenvalue weighted by atomic mass is 15.2. The summed E-state index contributed by atoms with van der Waals surface area (Å²) in [5.74, 6) is 0.908. The van der Waals surface area contributed by atoms with Crippen LogP contribution >= 0.6 is 0 Å². The van der Waals surface area contributed by atoms with Gasteiger partial charge < -0.3 is 4.57 Å². The van der Waals surface area contributed by atoms with E-state index in [0.29, 0.717) is 0 Å². The summed E-state index contributed by atoms with van der Waals surface area (Å²) in [4.78, 5) is 4.42. The number of hydrogen-bond acceptors (Lipinski definition) is 3. The summed E-state index contributed by atoms with van der Waals surface area (Å²) in [5.41, 5.74) is 5.46. The summed E-state index contributed by atoms with van der Waals surface area (Å²) in [5, 5.41) is 8.34. The van der Waals surface area contributed by atoms with Gasteiger partial charge >= 0.3 is 0 Å². The topological polar surface area (TPSA) is 48.0 Å². The molecule has 0 saturated heterocycles. The number of nitrogens with zero attached hydrogens (tertiary/aromatic N) is 5. The van der Waals surface area contributed by atoms with Crippen molar-refractivity contribution in [1.82, 2.24) is 24.1 Å². The van der Waals surface area contributed by atoms with Gasteiger partial charge in [0.15, 0.2) is 5.65 Å².